The standard InChI is InChI=1S/C23H31N3O4S/c1-17-15-25(16-18(2)30-17)23(27)19(3)24-10-12-26(13-11-24)31(28,29)22-9-8-20-6-4-5-7-21(20)14-22/h4-9,14,17-19H,10-13,15-16H2,1-3H3/t17-,18+,19-/m1/s1. The molecular formula is C23H31N3O4S. The van der Waals surface area contributed by atoms with E-state index in [4.69, 9.17) is 4.74 Å². The van der Waals surface area contributed by atoms with Gasteiger partial charge in [-0.05, 0) is 43.7 Å². The number of hydrogen-bond donors (Lipinski definition) is 0. The predicted octanol–water partition coefficient (Wildman–Crippen LogP) is 2.17. The van der Waals surface area contributed by atoms with Gasteiger partial charge >= 0.3 is 0 Å². The van der Waals surface area contributed by atoms with Crippen LogP contribution in [0, 0.1) is 0 Å². The molecule has 0 bridgehead atoms. The Bertz CT molecular complexity index is 1040. The van der Waals surface area contributed by atoms with Crippen LogP contribution in [0.1, 0.15) is 20.8 Å². The highest BCUT2D eigenvalue weighted by atomic mass is 32.2. The molecule has 2 aromatic carbocycles. The molecule has 2 aromatic rings. The molecule has 0 aliphatic carbocycles. The number of rotatable bonds is 4. The summed E-state index contributed by atoms with van der Waals surface area (Å²) in [6.07, 6.45) is 0.0627. The van der Waals surface area contributed by atoms with Crippen LogP contribution in [0.4, 0.5) is 0 Å². The fourth-order valence-corrected chi connectivity index (χ4v) is 6.04. The molecule has 168 valence electrons. The van der Waals surface area contributed by atoms with Crippen molar-refractivity contribution in [3.8, 4) is 0 Å². The van der Waals surface area contributed by atoms with E-state index in [-0.39, 0.29) is 24.2 Å². The molecule has 0 saturated carbocycles. The van der Waals surface area contributed by atoms with Crippen molar-refractivity contribution >= 4 is 26.7 Å². The molecule has 7 nitrogen and oxygen atoms in total. The summed E-state index contributed by atoms with van der Waals surface area (Å²) >= 11 is 0. The Morgan fingerprint density at radius 3 is 2.23 bits per heavy atom. The third-order valence-corrected chi connectivity index (χ3v) is 8.16. The third-order valence-electron chi connectivity index (χ3n) is 6.27. The highest BCUT2D eigenvalue weighted by Crippen LogP contribution is 2.23. The summed E-state index contributed by atoms with van der Waals surface area (Å²) in [6, 6.07) is 12.7. The van der Waals surface area contributed by atoms with E-state index < -0.39 is 10.0 Å². The molecule has 2 heterocycles. The molecule has 0 spiro atoms. The van der Waals surface area contributed by atoms with Gasteiger partial charge in [-0.25, -0.2) is 8.42 Å². The molecule has 4 rings (SSSR count). The summed E-state index contributed by atoms with van der Waals surface area (Å²) in [5.41, 5.74) is 0. The first-order chi connectivity index (χ1) is 14.8. The highest BCUT2D eigenvalue weighted by molar-refractivity contribution is 7.89. The maximum atomic E-state index is 13.2. The minimum absolute atomic E-state index is 0.0313. The zero-order valence-corrected chi connectivity index (χ0v) is 19.2. The van der Waals surface area contributed by atoms with Crippen molar-refractivity contribution in [1.29, 1.82) is 0 Å². The SMILES string of the molecule is C[C@@H]1CN(C(=O)[C@@H](C)N2CCN(S(=O)(=O)c3ccc4ccccc4c3)CC2)C[C@H](C)O1. The lowest BCUT2D eigenvalue weighted by molar-refractivity contribution is -0.148. The van der Waals surface area contributed by atoms with Gasteiger partial charge in [0, 0.05) is 39.3 Å². The van der Waals surface area contributed by atoms with Crippen molar-refractivity contribution in [2.24, 2.45) is 0 Å². The summed E-state index contributed by atoms with van der Waals surface area (Å²) < 4.78 is 33.6. The van der Waals surface area contributed by atoms with Crippen LogP contribution in [0.2, 0.25) is 0 Å². The van der Waals surface area contributed by atoms with Gasteiger partial charge in [-0.1, -0.05) is 30.3 Å². The van der Waals surface area contributed by atoms with Crippen LogP contribution in [0.15, 0.2) is 47.4 Å². The summed E-state index contributed by atoms with van der Waals surface area (Å²) in [5.74, 6) is 0.0906. The fraction of sp³-hybridized carbons (Fsp3) is 0.522. The Kier molecular flexibility index (Phi) is 6.35. The van der Waals surface area contributed by atoms with Gasteiger partial charge in [0.15, 0.2) is 0 Å². The smallest absolute Gasteiger partial charge is 0.243 e. The molecule has 8 heteroatoms. The molecule has 1 amide bonds. The van der Waals surface area contributed by atoms with Crippen molar-refractivity contribution in [3.05, 3.63) is 42.5 Å². The second-order valence-corrected chi connectivity index (χ2v) is 10.6. The number of hydrogen-bond acceptors (Lipinski definition) is 5. The fourth-order valence-electron chi connectivity index (χ4n) is 4.59. The van der Waals surface area contributed by atoms with Crippen molar-refractivity contribution in [2.45, 2.75) is 43.9 Å². The molecular weight excluding hydrogens is 414 g/mol. The molecule has 2 aliphatic heterocycles. The van der Waals surface area contributed by atoms with E-state index in [1.54, 1.807) is 12.1 Å². The molecule has 2 saturated heterocycles. The number of morpholine rings is 1. The number of fused-ring (bicyclic) bond motifs is 1. The van der Waals surface area contributed by atoms with E-state index in [2.05, 4.69) is 4.90 Å². The normalized spacial score (nSPS) is 24.9. The minimum Gasteiger partial charge on any atom is -0.372 e. The number of sulfonamides is 1. The van der Waals surface area contributed by atoms with Gasteiger partial charge in [0.1, 0.15) is 0 Å². The van der Waals surface area contributed by atoms with Crippen LogP contribution >= 0.6 is 0 Å². The number of ether oxygens (including phenoxy) is 1. The monoisotopic (exact) mass is 445 g/mol. The Morgan fingerprint density at radius 1 is 0.968 bits per heavy atom. The zero-order valence-electron chi connectivity index (χ0n) is 18.4. The summed E-state index contributed by atoms with van der Waals surface area (Å²) in [7, 11) is -3.56. The first-order valence-electron chi connectivity index (χ1n) is 10.9. The minimum atomic E-state index is -3.56. The van der Waals surface area contributed by atoms with Crippen molar-refractivity contribution in [3.63, 3.8) is 0 Å². The van der Waals surface area contributed by atoms with E-state index in [0.717, 1.165) is 10.8 Å². The van der Waals surface area contributed by atoms with Crippen LogP contribution in [-0.2, 0) is 19.6 Å². The van der Waals surface area contributed by atoms with Crippen LogP contribution in [-0.4, -0.2) is 85.9 Å². The number of benzene rings is 2. The molecule has 0 aromatic heterocycles. The topological polar surface area (TPSA) is 70.2 Å². The van der Waals surface area contributed by atoms with Gasteiger partial charge in [0.2, 0.25) is 15.9 Å². The Morgan fingerprint density at radius 2 is 1.58 bits per heavy atom. The van der Waals surface area contributed by atoms with Gasteiger partial charge in [-0.15, -0.1) is 0 Å². The largest absolute Gasteiger partial charge is 0.372 e. The van der Waals surface area contributed by atoms with Crippen molar-refractivity contribution < 1.29 is 17.9 Å². The van der Waals surface area contributed by atoms with E-state index >= 15 is 0 Å². The number of carbonyl (C=O) groups is 1. The number of piperazine rings is 1. The number of carbonyl (C=O) groups excluding carboxylic acids is 1. The highest BCUT2D eigenvalue weighted by Gasteiger charge is 2.35. The second-order valence-electron chi connectivity index (χ2n) is 8.63. The molecule has 0 radical (unpaired) electrons. The average molecular weight is 446 g/mol. The lowest BCUT2D eigenvalue weighted by Crippen LogP contribution is -2.58. The van der Waals surface area contributed by atoms with E-state index in [1.165, 1.54) is 4.31 Å². The van der Waals surface area contributed by atoms with Crippen molar-refractivity contribution in [1.82, 2.24) is 14.1 Å². The van der Waals surface area contributed by atoms with Gasteiger partial charge in [-0.2, -0.15) is 4.31 Å². The number of amides is 1. The zero-order chi connectivity index (χ0) is 22.2. The van der Waals surface area contributed by atoms with E-state index in [9.17, 15) is 13.2 Å². The molecule has 3 atom stereocenters. The molecule has 0 unspecified atom stereocenters. The lowest BCUT2D eigenvalue weighted by Gasteiger charge is -2.41. The summed E-state index contributed by atoms with van der Waals surface area (Å²) in [4.78, 5) is 17.3. The summed E-state index contributed by atoms with van der Waals surface area (Å²) in [5, 5.41) is 1.93. The first-order valence-corrected chi connectivity index (χ1v) is 12.4. The Balaban J connectivity index is 1.40. The van der Waals surface area contributed by atoms with E-state index in [1.807, 2.05) is 56.0 Å². The number of nitrogens with zero attached hydrogens (tertiary/aromatic N) is 3. The Hall–Kier alpha value is -2.00. The van der Waals surface area contributed by atoms with Crippen LogP contribution in [0.5, 0.6) is 0 Å². The molecule has 0 N–H and O–H groups in total. The van der Waals surface area contributed by atoms with Crippen LogP contribution in [0.25, 0.3) is 10.8 Å². The maximum absolute atomic E-state index is 13.2. The van der Waals surface area contributed by atoms with Gasteiger partial charge < -0.3 is 9.64 Å². The van der Waals surface area contributed by atoms with Crippen LogP contribution in [0.3, 0.4) is 0 Å². The van der Waals surface area contributed by atoms with Gasteiger partial charge in [0.05, 0.1) is 23.1 Å². The van der Waals surface area contributed by atoms with Gasteiger partial charge in [-0.3, -0.25) is 9.69 Å². The van der Waals surface area contributed by atoms with E-state index in [0.29, 0.717) is 44.2 Å². The molecule has 2 aliphatic rings. The second kappa shape index (κ2) is 8.86. The van der Waals surface area contributed by atoms with Crippen molar-refractivity contribution in [2.75, 3.05) is 39.3 Å². The molecule has 2 fully saturated rings. The lowest BCUT2D eigenvalue weighted by atomic mass is 10.1. The van der Waals surface area contributed by atoms with Gasteiger partial charge in [0.25, 0.3) is 0 Å². The average Bonchev–Trinajstić information content (AvgIpc) is 2.77. The molecule has 31 heavy (non-hydrogen) atoms. The first kappa shape index (κ1) is 22.2. The summed E-state index contributed by atoms with van der Waals surface area (Å²) in [6.45, 7) is 8.91. The maximum Gasteiger partial charge on any atom is 0.243 e. The third kappa shape index (κ3) is 4.62. The predicted molar refractivity (Wildman–Crippen MR) is 120 cm³/mol. The van der Waals surface area contributed by atoms with Crippen LogP contribution < -0.4 is 0 Å². The quantitative estimate of drug-likeness (QED) is 0.722. The Labute approximate surface area is 184 Å².